The molecule has 0 aromatic heterocycles. The summed E-state index contributed by atoms with van der Waals surface area (Å²) in [5.74, 6) is 0. The first-order chi connectivity index (χ1) is 20.5. The molecule has 6 aromatic rings. The third kappa shape index (κ3) is 2.91. The van der Waals surface area contributed by atoms with E-state index >= 15 is 0 Å². The first-order valence-corrected chi connectivity index (χ1v) is 14.3. The lowest BCUT2D eigenvalue weighted by atomic mass is 9.64. The molecular formula is C40H26N2. The van der Waals surface area contributed by atoms with Gasteiger partial charge in [0.25, 0.3) is 0 Å². The van der Waals surface area contributed by atoms with Crippen molar-refractivity contribution in [3.63, 3.8) is 0 Å². The lowest BCUT2D eigenvalue weighted by Crippen LogP contribution is -2.32. The maximum Gasteiger partial charge on any atom is 0.0998 e. The molecule has 0 fully saturated rings. The van der Waals surface area contributed by atoms with Crippen LogP contribution in [0.25, 0.3) is 33.0 Å². The Kier molecular flexibility index (Phi) is 4.95. The molecular weight excluding hydrogens is 508 g/mol. The Balaban J connectivity index is 1.60. The molecule has 6 aromatic carbocycles. The zero-order valence-corrected chi connectivity index (χ0v) is 23.4. The SMILES string of the molecule is CC1(C)c2cc(C#N)c3ccccc3c2-c2ccc3c(c21)C(c1ccccc1)(c1ccccc1)c1cc(C#N)ccc1-3. The van der Waals surface area contributed by atoms with Crippen molar-refractivity contribution >= 4 is 10.8 Å². The number of nitriles is 2. The molecule has 0 atom stereocenters. The summed E-state index contributed by atoms with van der Waals surface area (Å²) in [6.45, 7) is 4.61. The van der Waals surface area contributed by atoms with Crippen molar-refractivity contribution in [2.24, 2.45) is 0 Å². The van der Waals surface area contributed by atoms with Crippen LogP contribution in [0.2, 0.25) is 0 Å². The van der Waals surface area contributed by atoms with Crippen LogP contribution in [-0.4, -0.2) is 0 Å². The number of hydrogen-bond donors (Lipinski definition) is 0. The molecule has 2 heteroatoms. The number of hydrogen-bond acceptors (Lipinski definition) is 2. The molecule has 0 aliphatic heterocycles. The second-order valence-electron chi connectivity index (χ2n) is 11.9. The van der Waals surface area contributed by atoms with Gasteiger partial charge in [0.05, 0.1) is 28.7 Å². The number of rotatable bonds is 2. The van der Waals surface area contributed by atoms with Gasteiger partial charge in [-0.2, -0.15) is 10.5 Å². The van der Waals surface area contributed by atoms with E-state index in [-0.39, 0.29) is 5.41 Å². The molecule has 2 aliphatic rings. The van der Waals surface area contributed by atoms with E-state index in [2.05, 4.69) is 135 Å². The Labute approximate surface area is 245 Å². The monoisotopic (exact) mass is 534 g/mol. The average Bonchev–Trinajstić information content (AvgIpc) is 3.47. The van der Waals surface area contributed by atoms with Crippen LogP contribution < -0.4 is 0 Å². The summed E-state index contributed by atoms with van der Waals surface area (Å²) in [6.07, 6.45) is 0. The summed E-state index contributed by atoms with van der Waals surface area (Å²) in [5, 5.41) is 22.3. The van der Waals surface area contributed by atoms with E-state index in [1.807, 2.05) is 12.1 Å². The normalized spacial score (nSPS) is 14.8. The van der Waals surface area contributed by atoms with E-state index in [0.29, 0.717) is 11.1 Å². The minimum atomic E-state index is -0.626. The molecule has 196 valence electrons. The van der Waals surface area contributed by atoms with Crippen LogP contribution in [0.1, 0.15) is 58.4 Å². The highest BCUT2D eigenvalue weighted by atomic mass is 14.5. The summed E-state index contributed by atoms with van der Waals surface area (Å²) < 4.78 is 0. The average molecular weight is 535 g/mol. The zero-order valence-electron chi connectivity index (χ0n) is 23.4. The molecule has 8 rings (SSSR count). The van der Waals surface area contributed by atoms with Gasteiger partial charge in [0.15, 0.2) is 0 Å². The summed E-state index contributed by atoms with van der Waals surface area (Å²) in [4.78, 5) is 0. The van der Waals surface area contributed by atoms with Gasteiger partial charge >= 0.3 is 0 Å². The fourth-order valence-electron chi connectivity index (χ4n) is 7.90. The maximum atomic E-state index is 10.2. The van der Waals surface area contributed by atoms with Crippen molar-refractivity contribution in [1.29, 1.82) is 10.5 Å². The van der Waals surface area contributed by atoms with Gasteiger partial charge in [0.1, 0.15) is 0 Å². The summed E-state index contributed by atoms with van der Waals surface area (Å²) >= 11 is 0. The van der Waals surface area contributed by atoms with Gasteiger partial charge in [0, 0.05) is 10.8 Å². The number of benzene rings is 6. The van der Waals surface area contributed by atoms with Crippen molar-refractivity contribution in [2.45, 2.75) is 24.7 Å². The van der Waals surface area contributed by atoms with Crippen molar-refractivity contribution in [3.05, 3.63) is 166 Å². The molecule has 0 N–H and O–H groups in total. The predicted octanol–water partition coefficient (Wildman–Crippen LogP) is 9.25. The van der Waals surface area contributed by atoms with Crippen molar-refractivity contribution in [2.75, 3.05) is 0 Å². The van der Waals surface area contributed by atoms with E-state index in [1.165, 1.54) is 44.5 Å². The fraction of sp³-hybridized carbons (Fsp3) is 0.100. The van der Waals surface area contributed by atoms with Crippen LogP contribution in [0.5, 0.6) is 0 Å². The lowest BCUT2D eigenvalue weighted by molar-refractivity contribution is 0.633. The Morgan fingerprint density at radius 3 is 1.76 bits per heavy atom. The third-order valence-electron chi connectivity index (χ3n) is 9.57. The molecule has 0 spiro atoms. The Morgan fingerprint density at radius 2 is 1.12 bits per heavy atom. The highest BCUT2D eigenvalue weighted by molar-refractivity contribution is 6.06. The first-order valence-electron chi connectivity index (χ1n) is 14.3. The van der Waals surface area contributed by atoms with Gasteiger partial charge in [0.2, 0.25) is 0 Å². The maximum absolute atomic E-state index is 10.2. The minimum Gasteiger partial charge on any atom is -0.192 e. The molecule has 0 saturated heterocycles. The van der Waals surface area contributed by atoms with Gasteiger partial charge < -0.3 is 0 Å². The smallest absolute Gasteiger partial charge is 0.0998 e. The van der Waals surface area contributed by atoms with Crippen LogP contribution in [-0.2, 0) is 10.8 Å². The fourth-order valence-corrected chi connectivity index (χ4v) is 7.90. The van der Waals surface area contributed by atoms with Crippen LogP contribution in [0.3, 0.4) is 0 Å². The largest absolute Gasteiger partial charge is 0.192 e. The molecule has 2 nitrogen and oxygen atoms in total. The summed E-state index contributed by atoms with van der Waals surface area (Å²) in [7, 11) is 0. The highest BCUT2D eigenvalue weighted by Gasteiger charge is 2.52. The number of nitrogens with zero attached hydrogens (tertiary/aromatic N) is 2. The van der Waals surface area contributed by atoms with E-state index in [1.54, 1.807) is 0 Å². The molecule has 0 radical (unpaired) electrons. The molecule has 2 aliphatic carbocycles. The molecule has 0 heterocycles. The van der Waals surface area contributed by atoms with Gasteiger partial charge in [-0.3, -0.25) is 0 Å². The van der Waals surface area contributed by atoms with Crippen molar-refractivity contribution in [3.8, 4) is 34.4 Å². The van der Waals surface area contributed by atoms with Crippen LogP contribution in [0, 0.1) is 22.7 Å². The summed E-state index contributed by atoms with van der Waals surface area (Å²) in [6, 6.07) is 47.5. The van der Waals surface area contributed by atoms with Crippen molar-refractivity contribution < 1.29 is 0 Å². The molecule has 0 saturated carbocycles. The zero-order chi connectivity index (χ0) is 28.6. The second kappa shape index (κ2) is 8.53. The summed E-state index contributed by atoms with van der Waals surface area (Å²) in [5.41, 5.74) is 12.4. The second-order valence-corrected chi connectivity index (χ2v) is 11.9. The molecule has 0 amide bonds. The van der Waals surface area contributed by atoms with E-state index in [4.69, 9.17) is 0 Å². The number of fused-ring (bicyclic) bond motifs is 9. The highest BCUT2D eigenvalue weighted by Crippen LogP contribution is 2.63. The topological polar surface area (TPSA) is 47.6 Å². The minimum absolute atomic E-state index is 0.374. The van der Waals surface area contributed by atoms with Gasteiger partial charge in [-0.1, -0.05) is 117 Å². The van der Waals surface area contributed by atoms with Crippen molar-refractivity contribution in [1.82, 2.24) is 0 Å². The van der Waals surface area contributed by atoms with Crippen LogP contribution >= 0.6 is 0 Å². The molecule has 0 unspecified atom stereocenters. The standard InChI is InChI=1S/C40H26N2/c1-39(2)35-22-26(24-42)29-15-9-10-16-31(29)36(35)33-20-19-32-30-18-17-25(23-41)21-34(30)40(38(32)37(33)39,27-11-5-3-6-12-27)28-13-7-4-8-14-28/h3-22H,1-2H3. The van der Waals surface area contributed by atoms with Gasteiger partial charge in [-0.25, -0.2) is 0 Å². The van der Waals surface area contributed by atoms with E-state index < -0.39 is 5.41 Å². The molecule has 0 bridgehead atoms. The Hall–Kier alpha value is -5.44. The first kappa shape index (κ1) is 24.4. The third-order valence-corrected chi connectivity index (χ3v) is 9.57. The molecule has 42 heavy (non-hydrogen) atoms. The van der Waals surface area contributed by atoms with Gasteiger partial charge in [-0.05, 0) is 79.2 Å². The van der Waals surface area contributed by atoms with Gasteiger partial charge in [-0.15, -0.1) is 0 Å². The van der Waals surface area contributed by atoms with E-state index in [9.17, 15) is 10.5 Å². The lowest BCUT2D eigenvalue weighted by Gasteiger charge is -2.37. The van der Waals surface area contributed by atoms with Crippen LogP contribution in [0.15, 0.2) is 121 Å². The van der Waals surface area contributed by atoms with Crippen LogP contribution in [0.4, 0.5) is 0 Å². The Morgan fingerprint density at radius 1 is 0.524 bits per heavy atom. The van der Waals surface area contributed by atoms with E-state index in [0.717, 1.165) is 21.9 Å². The Bertz CT molecular complexity index is 2130. The quantitative estimate of drug-likeness (QED) is 0.222. The predicted molar refractivity (Wildman–Crippen MR) is 168 cm³/mol.